The third-order valence-electron chi connectivity index (χ3n) is 5.59. The van der Waals surface area contributed by atoms with Gasteiger partial charge in [-0.25, -0.2) is 0 Å². The second-order valence-corrected chi connectivity index (χ2v) is 6.58. The second-order valence-electron chi connectivity index (χ2n) is 6.58. The maximum absolute atomic E-state index is 11.9. The summed E-state index contributed by atoms with van der Waals surface area (Å²) in [6.45, 7) is 4.89. The van der Waals surface area contributed by atoms with E-state index < -0.39 is 0 Å². The third-order valence-corrected chi connectivity index (χ3v) is 5.59. The molecule has 1 aliphatic heterocycles. The molecule has 3 aliphatic rings. The van der Waals surface area contributed by atoms with E-state index in [9.17, 15) is 9.59 Å². The predicted octanol–water partition coefficient (Wildman–Crippen LogP) is 2.16. The van der Waals surface area contributed by atoms with Crippen LogP contribution in [-0.4, -0.2) is 24.6 Å². The SMILES string of the molecule is CC1C2CC(CC(=O)OC3COC(=O)C3)C(C2)C1C. The summed E-state index contributed by atoms with van der Waals surface area (Å²) < 4.78 is 10.1. The molecule has 0 aromatic heterocycles. The zero-order chi connectivity index (χ0) is 13.6. The Labute approximate surface area is 113 Å². The zero-order valence-corrected chi connectivity index (χ0v) is 11.6. The van der Waals surface area contributed by atoms with Gasteiger partial charge in [-0.2, -0.15) is 0 Å². The van der Waals surface area contributed by atoms with Gasteiger partial charge in [-0.05, 0) is 42.4 Å². The summed E-state index contributed by atoms with van der Waals surface area (Å²) in [6.07, 6.45) is 2.84. The van der Waals surface area contributed by atoms with E-state index in [1.54, 1.807) is 0 Å². The average Bonchev–Trinajstić information content (AvgIpc) is 2.99. The minimum absolute atomic E-state index is 0.152. The van der Waals surface area contributed by atoms with Gasteiger partial charge in [0.1, 0.15) is 12.7 Å². The van der Waals surface area contributed by atoms with Gasteiger partial charge in [-0.1, -0.05) is 13.8 Å². The molecule has 0 N–H and O–H groups in total. The van der Waals surface area contributed by atoms with Crippen LogP contribution in [0.4, 0.5) is 0 Å². The van der Waals surface area contributed by atoms with Gasteiger partial charge in [0.05, 0.1) is 6.42 Å². The molecular weight excluding hydrogens is 244 g/mol. The van der Waals surface area contributed by atoms with Crippen molar-refractivity contribution in [1.29, 1.82) is 0 Å². The molecule has 0 spiro atoms. The van der Waals surface area contributed by atoms with Gasteiger partial charge >= 0.3 is 11.9 Å². The highest BCUT2D eigenvalue weighted by molar-refractivity contribution is 5.74. The number of carbonyl (C=O) groups excluding carboxylic acids is 2. The van der Waals surface area contributed by atoms with Gasteiger partial charge in [0.2, 0.25) is 0 Å². The number of fused-ring (bicyclic) bond motifs is 2. The van der Waals surface area contributed by atoms with Gasteiger partial charge < -0.3 is 9.47 Å². The molecule has 19 heavy (non-hydrogen) atoms. The number of cyclic esters (lactones) is 1. The molecule has 106 valence electrons. The Balaban J connectivity index is 1.50. The number of ether oxygens (including phenoxy) is 2. The molecule has 1 heterocycles. The van der Waals surface area contributed by atoms with E-state index in [0.29, 0.717) is 18.3 Å². The maximum Gasteiger partial charge on any atom is 0.309 e. The number of esters is 2. The van der Waals surface area contributed by atoms with Crippen LogP contribution >= 0.6 is 0 Å². The first kappa shape index (κ1) is 12.9. The van der Waals surface area contributed by atoms with Gasteiger partial charge in [0.25, 0.3) is 0 Å². The highest BCUT2D eigenvalue weighted by Gasteiger charge is 2.49. The van der Waals surface area contributed by atoms with Gasteiger partial charge in [0.15, 0.2) is 0 Å². The summed E-state index contributed by atoms with van der Waals surface area (Å²) in [5, 5.41) is 0. The lowest BCUT2D eigenvalue weighted by molar-refractivity contribution is -0.150. The molecule has 6 unspecified atom stereocenters. The fourth-order valence-corrected chi connectivity index (χ4v) is 4.34. The molecule has 4 heteroatoms. The van der Waals surface area contributed by atoms with Gasteiger partial charge in [0, 0.05) is 6.42 Å². The first-order valence-electron chi connectivity index (χ1n) is 7.39. The Bertz CT molecular complexity index is 390. The molecule has 0 aromatic rings. The number of hydrogen-bond donors (Lipinski definition) is 0. The van der Waals surface area contributed by atoms with Crippen LogP contribution in [0.25, 0.3) is 0 Å². The fourth-order valence-electron chi connectivity index (χ4n) is 4.34. The fraction of sp³-hybridized carbons (Fsp3) is 0.867. The summed E-state index contributed by atoms with van der Waals surface area (Å²) in [7, 11) is 0. The lowest BCUT2D eigenvalue weighted by Crippen LogP contribution is -2.28. The van der Waals surface area contributed by atoms with Gasteiger partial charge in [-0.15, -0.1) is 0 Å². The molecule has 0 amide bonds. The van der Waals surface area contributed by atoms with Crippen molar-refractivity contribution in [1.82, 2.24) is 0 Å². The Morgan fingerprint density at radius 3 is 2.68 bits per heavy atom. The standard InChI is InChI=1S/C15H22O4/c1-8-9(2)13-4-10(8)3-11(13)5-15(17)19-12-6-14(16)18-7-12/h8-13H,3-7H2,1-2H3. The minimum atomic E-state index is -0.352. The smallest absolute Gasteiger partial charge is 0.309 e. The Morgan fingerprint density at radius 2 is 2.11 bits per heavy atom. The highest BCUT2D eigenvalue weighted by atomic mass is 16.6. The summed E-state index contributed by atoms with van der Waals surface area (Å²) in [5.74, 6) is 3.09. The normalized spacial score (nSPS) is 44.4. The van der Waals surface area contributed by atoms with Crippen molar-refractivity contribution >= 4 is 11.9 Å². The van der Waals surface area contributed by atoms with Crippen LogP contribution < -0.4 is 0 Å². The summed E-state index contributed by atoms with van der Waals surface area (Å²) in [6, 6.07) is 0. The first-order valence-corrected chi connectivity index (χ1v) is 7.39. The van der Waals surface area contributed by atoms with E-state index >= 15 is 0 Å². The maximum atomic E-state index is 11.9. The first-order chi connectivity index (χ1) is 9.04. The van der Waals surface area contributed by atoms with E-state index in [1.807, 2.05) is 0 Å². The van der Waals surface area contributed by atoms with Crippen LogP contribution in [-0.2, 0) is 19.1 Å². The molecule has 3 rings (SSSR count). The van der Waals surface area contributed by atoms with Crippen molar-refractivity contribution in [2.45, 2.75) is 45.6 Å². The summed E-state index contributed by atoms with van der Waals surface area (Å²) in [4.78, 5) is 22.9. The van der Waals surface area contributed by atoms with Crippen LogP contribution in [0.5, 0.6) is 0 Å². The van der Waals surface area contributed by atoms with Crippen molar-refractivity contribution in [3.05, 3.63) is 0 Å². The van der Waals surface area contributed by atoms with E-state index in [-0.39, 0.29) is 31.1 Å². The van der Waals surface area contributed by atoms with E-state index in [2.05, 4.69) is 13.8 Å². The monoisotopic (exact) mass is 266 g/mol. The second kappa shape index (κ2) is 4.80. The minimum Gasteiger partial charge on any atom is -0.462 e. The van der Waals surface area contributed by atoms with E-state index in [4.69, 9.17) is 9.47 Å². The van der Waals surface area contributed by atoms with Crippen molar-refractivity contribution in [2.24, 2.45) is 29.6 Å². The van der Waals surface area contributed by atoms with Crippen molar-refractivity contribution in [2.75, 3.05) is 6.61 Å². The Kier molecular flexibility index (Phi) is 3.27. The molecule has 3 fully saturated rings. The van der Waals surface area contributed by atoms with Crippen LogP contribution in [0.3, 0.4) is 0 Å². The molecule has 2 saturated carbocycles. The van der Waals surface area contributed by atoms with Crippen molar-refractivity contribution in [3.63, 3.8) is 0 Å². The van der Waals surface area contributed by atoms with Crippen molar-refractivity contribution in [3.8, 4) is 0 Å². The molecule has 2 bridgehead atoms. The molecule has 0 radical (unpaired) electrons. The number of hydrogen-bond acceptors (Lipinski definition) is 4. The van der Waals surface area contributed by atoms with Crippen LogP contribution in [0.2, 0.25) is 0 Å². The average molecular weight is 266 g/mol. The van der Waals surface area contributed by atoms with Gasteiger partial charge in [-0.3, -0.25) is 9.59 Å². The number of carbonyl (C=O) groups is 2. The largest absolute Gasteiger partial charge is 0.462 e. The molecule has 0 aromatic carbocycles. The molecule has 1 saturated heterocycles. The summed E-state index contributed by atoms with van der Waals surface area (Å²) >= 11 is 0. The zero-order valence-electron chi connectivity index (χ0n) is 11.6. The number of rotatable bonds is 3. The lowest BCUT2D eigenvalue weighted by atomic mass is 9.74. The van der Waals surface area contributed by atoms with Crippen molar-refractivity contribution < 1.29 is 19.1 Å². The molecule has 6 atom stereocenters. The Morgan fingerprint density at radius 1 is 1.32 bits per heavy atom. The quantitative estimate of drug-likeness (QED) is 0.735. The topological polar surface area (TPSA) is 52.6 Å². The lowest BCUT2D eigenvalue weighted by Gasteiger charge is -2.31. The molecule has 4 nitrogen and oxygen atoms in total. The summed E-state index contributed by atoms with van der Waals surface area (Å²) in [5.41, 5.74) is 0. The molecule has 2 aliphatic carbocycles. The van der Waals surface area contributed by atoms with E-state index in [1.165, 1.54) is 12.8 Å². The van der Waals surface area contributed by atoms with E-state index in [0.717, 1.165) is 17.8 Å². The molecular formula is C15H22O4. The van der Waals surface area contributed by atoms with Crippen LogP contribution in [0.1, 0.15) is 39.5 Å². The highest BCUT2D eigenvalue weighted by Crippen LogP contribution is 2.55. The van der Waals surface area contributed by atoms with Crippen LogP contribution in [0.15, 0.2) is 0 Å². The van der Waals surface area contributed by atoms with Crippen LogP contribution in [0, 0.1) is 29.6 Å². The third kappa shape index (κ3) is 2.37. The predicted molar refractivity (Wildman–Crippen MR) is 68.1 cm³/mol. The Hall–Kier alpha value is -1.06.